The summed E-state index contributed by atoms with van der Waals surface area (Å²) in [6.07, 6.45) is 5.50. The van der Waals surface area contributed by atoms with Crippen LogP contribution in [0.3, 0.4) is 0 Å². The van der Waals surface area contributed by atoms with Gasteiger partial charge in [-0.15, -0.1) is 0 Å². The molecule has 8 nitrogen and oxygen atoms in total. The Morgan fingerprint density at radius 3 is 2.64 bits per heavy atom. The first kappa shape index (κ1) is 30.2. The van der Waals surface area contributed by atoms with E-state index in [0.29, 0.717) is 37.2 Å². The Balaban J connectivity index is 1.20. The van der Waals surface area contributed by atoms with E-state index in [9.17, 15) is 24.6 Å². The molecule has 1 fully saturated rings. The van der Waals surface area contributed by atoms with Crippen LogP contribution in [-0.4, -0.2) is 52.0 Å². The first-order valence-electron chi connectivity index (χ1n) is 15.1. The lowest BCUT2D eigenvalue weighted by atomic mass is 9.83. The van der Waals surface area contributed by atoms with Crippen molar-refractivity contribution in [3.8, 4) is 0 Å². The largest absolute Gasteiger partial charge is 0.394 e. The van der Waals surface area contributed by atoms with Crippen LogP contribution < -0.4 is 9.80 Å². The van der Waals surface area contributed by atoms with Gasteiger partial charge in [-0.2, -0.15) is 0 Å². The van der Waals surface area contributed by atoms with E-state index >= 15 is 0 Å². The van der Waals surface area contributed by atoms with Gasteiger partial charge in [0.25, 0.3) is 5.91 Å². The molecular weight excluding hydrogens is 622 g/mol. The lowest BCUT2D eigenvalue weighted by Crippen LogP contribution is -2.46. The van der Waals surface area contributed by atoms with Gasteiger partial charge in [-0.05, 0) is 59.9 Å². The molecule has 3 aliphatic heterocycles. The van der Waals surface area contributed by atoms with Gasteiger partial charge in [0, 0.05) is 47.6 Å². The van der Waals surface area contributed by atoms with Gasteiger partial charge in [0.1, 0.15) is 0 Å². The number of hydrogen-bond donors (Lipinski definition) is 2. The third-order valence-corrected chi connectivity index (χ3v) is 9.62. The number of anilines is 2. The van der Waals surface area contributed by atoms with Crippen molar-refractivity contribution in [1.29, 1.82) is 0 Å². The average Bonchev–Trinajstić information content (AvgIpc) is 3.55. The van der Waals surface area contributed by atoms with E-state index in [2.05, 4.69) is 15.9 Å². The molecule has 3 aliphatic rings. The fourth-order valence-corrected chi connectivity index (χ4v) is 7.04. The second-order valence-corrected chi connectivity index (χ2v) is 12.8. The molecule has 2 N–H and O–H groups in total. The van der Waals surface area contributed by atoms with Crippen molar-refractivity contribution in [3.63, 3.8) is 0 Å². The Morgan fingerprint density at radius 2 is 1.89 bits per heavy atom. The van der Waals surface area contributed by atoms with Crippen molar-refractivity contribution in [1.82, 2.24) is 4.90 Å². The third-order valence-electron chi connectivity index (χ3n) is 9.13. The Kier molecular flexibility index (Phi) is 8.46. The minimum absolute atomic E-state index is 0.0876. The fraction of sp³-hybridized carbons (Fsp3) is 0.343. The maximum atomic E-state index is 14.0. The van der Waals surface area contributed by atoms with Gasteiger partial charge in [-0.1, -0.05) is 71.4 Å². The van der Waals surface area contributed by atoms with Gasteiger partial charge in [-0.25, -0.2) is 0 Å². The Bertz CT molecular complexity index is 1640. The number of carbonyl (C=O) groups excluding carboxylic acids is 3. The maximum absolute atomic E-state index is 14.0. The molecule has 0 radical (unpaired) electrons. The summed E-state index contributed by atoms with van der Waals surface area (Å²) >= 11 is 3.50. The smallest absolute Gasteiger partial charge is 0.264 e. The highest BCUT2D eigenvalue weighted by molar-refractivity contribution is 9.10. The quantitative estimate of drug-likeness (QED) is 0.338. The summed E-state index contributed by atoms with van der Waals surface area (Å²) in [4.78, 5) is 44.7. The van der Waals surface area contributed by atoms with Gasteiger partial charge in [0.15, 0.2) is 5.60 Å². The molecule has 3 heterocycles. The number of halogens is 1. The van der Waals surface area contributed by atoms with Crippen LogP contribution in [0, 0.1) is 5.92 Å². The van der Waals surface area contributed by atoms with Crippen molar-refractivity contribution in [2.45, 2.75) is 57.3 Å². The summed E-state index contributed by atoms with van der Waals surface area (Å²) in [6, 6.07) is 20.8. The number of amides is 3. The Hall–Kier alpha value is -3.79. The molecule has 1 saturated heterocycles. The van der Waals surface area contributed by atoms with Crippen molar-refractivity contribution < 1.29 is 24.6 Å². The van der Waals surface area contributed by atoms with Gasteiger partial charge in [0.2, 0.25) is 11.8 Å². The minimum Gasteiger partial charge on any atom is -0.394 e. The summed E-state index contributed by atoms with van der Waals surface area (Å²) in [5.41, 5.74) is 3.17. The number of rotatable bonds is 8. The minimum atomic E-state index is -1.83. The molecule has 3 amide bonds. The number of benzene rings is 3. The zero-order valence-corrected chi connectivity index (χ0v) is 26.2. The van der Waals surface area contributed by atoms with E-state index < -0.39 is 17.4 Å². The van der Waals surface area contributed by atoms with Crippen LogP contribution >= 0.6 is 15.9 Å². The number of carbonyl (C=O) groups is 3. The van der Waals surface area contributed by atoms with E-state index in [1.54, 1.807) is 39.8 Å². The Morgan fingerprint density at radius 1 is 1.09 bits per heavy atom. The van der Waals surface area contributed by atoms with E-state index in [1.165, 1.54) is 0 Å². The second kappa shape index (κ2) is 12.3. The molecule has 0 saturated carbocycles. The highest BCUT2D eigenvalue weighted by Crippen LogP contribution is 2.47. The number of aliphatic hydroxyl groups is 2. The van der Waals surface area contributed by atoms with Crippen LogP contribution in [-0.2, 0) is 39.5 Å². The summed E-state index contributed by atoms with van der Waals surface area (Å²) in [5, 5.41) is 22.0. The highest BCUT2D eigenvalue weighted by atomic mass is 79.9. The number of fused-ring (bicyclic) bond motifs is 2. The average molecular weight is 659 g/mol. The van der Waals surface area contributed by atoms with Crippen LogP contribution in [0.1, 0.15) is 48.4 Å². The molecule has 228 valence electrons. The second-order valence-electron chi connectivity index (χ2n) is 11.9. The lowest BCUT2D eigenvalue weighted by molar-refractivity contribution is -0.139. The molecule has 0 aliphatic carbocycles. The molecule has 0 aromatic heterocycles. The molecule has 0 bridgehead atoms. The zero-order chi connectivity index (χ0) is 31.0. The zero-order valence-electron chi connectivity index (χ0n) is 24.7. The Labute approximate surface area is 265 Å². The fourth-order valence-electron chi connectivity index (χ4n) is 6.67. The predicted octanol–water partition coefficient (Wildman–Crippen LogP) is 4.84. The topological polar surface area (TPSA) is 101 Å². The molecule has 3 aromatic carbocycles. The van der Waals surface area contributed by atoms with E-state index in [4.69, 9.17) is 0 Å². The van der Waals surface area contributed by atoms with Crippen LogP contribution in [0.15, 0.2) is 83.4 Å². The SMILES string of the molecule is C[C@@H](/C=C/CC(=O)N1Cc2ccccc2C[C@H]1CO)[C@]1(O)C(=O)N(Cc2cccc(N3CCCC3=O)c2)c2ccc(Br)cc21. The molecule has 6 rings (SSSR count). The van der Waals surface area contributed by atoms with E-state index in [-0.39, 0.29) is 37.4 Å². The summed E-state index contributed by atoms with van der Waals surface area (Å²) in [7, 11) is 0. The van der Waals surface area contributed by atoms with Crippen LogP contribution in [0.25, 0.3) is 0 Å². The van der Waals surface area contributed by atoms with E-state index in [1.807, 2.05) is 60.7 Å². The summed E-state index contributed by atoms with van der Waals surface area (Å²) < 4.78 is 0.741. The number of nitrogens with zero attached hydrogens (tertiary/aromatic N) is 3. The van der Waals surface area contributed by atoms with Gasteiger partial charge < -0.3 is 24.9 Å². The molecule has 0 unspecified atom stereocenters. The summed E-state index contributed by atoms with van der Waals surface area (Å²) in [6.45, 7) is 3.02. The van der Waals surface area contributed by atoms with Gasteiger partial charge >= 0.3 is 0 Å². The van der Waals surface area contributed by atoms with Crippen molar-refractivity contribution in [3.05, 3.63) is 106 Å². The number of aliphatic hydroxyl groups excluding tert-OH is 1. The van der Waals surface area contributed by atoms with Crippen molar-refractivity contribution in [2.24, 2.45) is 5.92 Å². The number of hydrogen-bond acceptors (Lipinski definition) is 5. The van der Waals surface area contributed by atoms with Crippen LogP contribution in [0.5, 0.6) is 0 Å². The molecule has 3 atom stereocenters. The molecule has 44 heavy (non-hydrogen) atoms. The molecular formula is C35H36BrN3O5. The third kappa shape index (κ3) is 5.49. The van der Waals surface area contributed by atoms with Gasteiger partial charge in [0.05, 0.1) is 24.9 Å². The summed E-state index contributed by atoms with van der Waals surface area (Å²) in [5.74, 6) is -1.09. The molecule has 9 heteroatoms. The first-order chi connectivity index (χ1) is 21.2. The molecule has 3 aromatic rings. The predicted molar refractivity (Wildman–Crippen MR) is 172 cm³/mol. The van der Waals surface area contributed by atoms with Crippen LogP contribution in [0.4, 0.5) is 11.4 Å². The lowest BCUT2D eigenvalue weighted by Gasteiger charge is -2.36. The molecule has 0 spiro atoms. The standard InChI is InChI=1S/C35H36BrN3O5/c1-23(7-4-12-33(42)38-21-26-10-3-2-9-25(26)18-29(38)22-40)35(44)30-19-27(36)14-15-31(30)39(34(35)43)20-24-8-5-11-28(17-24)37-16-6-13-32(37)41/h2-5,7-11,14-15,17,19,23,29,40,44H,6,12-13,16,18,20-22H2,1H3/b7-4+/t23-,29-,35+/m0/s1. The monoisotopic (exact) mass is 657 g/mol. The highest BCUT2D eigenvalue weighted by Gasteiger charge is 2.52. The first-order valence-corrected chi connectivity index (χ1v) is 15.9. The van der Waals surface area contributed by atoms with Crippen molar-refractivity contribution >= 4 is 45.0 Å². The van der Waals surface area contributed by atoms with E-state index in [0.717, 1.165) is 33.3 Å². The maximum Gasteiger partial charge on any atom is 0.264 e. The van der Waals surface area contributed by atoms with Crippen molar-refractivity contribution in [2.75, 3.05) is 23.0 Å². The van der Waals surface area contributed by atoms with Gasteiger partial charge in [-0.3, -0.25) is 14.4 Å². The van der Waals surface area contributed by atoms with Crippen LogP contribution in [0.2, 0.25) is 0 Å². The normalized spacial score (nSPS) is 22.1.